The van der Waals surface area contributed by atoms with Crippen LogP contribution in [-0.4, -0.2) is 41.7 Å². The molecule has 3 aromatic rings. The molecule has 12 heteroatoms. The summed E-state index contributed by atoms with van der Waals surface area (Å²) < 4.78 is 66.6. The number of aromatic nitrogens is 1. The number of nitrogens with two attached hydrogens (primary N) is 1. The van der Waals surface area contributed by atoms with Gasteiger partial charge < -0.3 is 20.5 Å². The zero-order chi connectivity index (χ0) is 31.6. The topological polar surface area (TPSA) is 104 Å². The number of rotatable bonds is 13. The van der Waals surface area contributed by atoms with Gasteiger partial charge in [-0.3, -0.25) is 9.59 Å². The van der Waals surface area contributed by atoms with Crippen LogP contribution in [0, 0.1) is 23.3 Å². The Balaban J connectivity index is 1.69. The van der Waals surface area contributed by atoms with Crippen LogP contribution < -0.4 is 15.8 Å². The van der Waals surface area contributed by atoms with Crippen LogP contribution in [0.3, 0.4) is 0 Å². The van der Waals surface area contributed by atoms with Gasteiger partial charge in [-0.25, -0.2) is 22.5 Å². The predicted molar refractivity (Wildman–Crippen MR) is 156 cm³/mol. The van der Waals surface area contributed by atoms with E-state index in [1.807, 2.05) is 30.3 Å². The van der Waals surface area contributed by atoms with Crippen molar-refractivity contribution in [3.05, 3.63) is 94.8 Å². The van der Waals surface area contributed by atoms with E-state index in [9.17, 15) is 27.2 Å². The molecule has 7 nitrogen and oxygen atoms in total. The highest BCUT2D eigenvalue weighted by molar-refractivity contribution is 7.98. The van der Waals surface area contributed by atoms with Crippen LogP contribution in [-0.2, 0) is 26.5 Å². The number of benzene rings is 2. The summed E-state index contributed by atoms with van der Waals surface area (Å²) in [7, 11) is 0. The molecule has 0 radical (unpaired) electrons. The van der Waals surface area contributed by atoms with Crippen molar-refractivity contribution in [2.75, 3.05) is 13.2 Å². The molecule has 1 atom stereocenters. The van der Waals surface area contributed by atoms with Crippen LogP contribution in [0.2, 0.25) is 0 Å². The second kappa shape index (κ2) is 15.5. The maximum atomic E-state index is 14.1. The zero-order valence-electron chi connectivity index (χ0n) is 24.0. The van der Waals surface area contributed by atoms with Crippen molar-refractivity contribution < 1.29 is 36.6 Å². The Morgan fingerprint density at radius 2 is 1.72 bits per heavy atom. The summed E-state index contributed by atoms with van der Waals surface area (Å²) in [5, 5.41) is 2.63. The number of halogens is 4. The molecule has 230 valence electrons. The lowest BCUT2D eigenvalue weighted by Gasteiger charge is -2.22. The molecule has 3 N–H and O–H groups in total. The molecule has 0 fully saturated rings. The number of esters is 1. The second-order valence-corrected chi connectivity index (χ2v) is 11.4. The minimum absolute atomic E-state index is 0.107. The van der Waals surface area contributed by atoms with Gasteiger partial charge in [0.05, 0.1) is 17.2 Å². The monoisotopic (exact) mass is 619 g/mol. The van der Waals surface area contributed by atoms with Gasteiger partial charge in [-0.2, -0.15) is 0 Å². The highest BCUT2D eigenvalue weighted by atomic mass is 32.2. The SMILES string of the molecule is CC(C)(C)OC(=O)C(N)CCNC(=O)/C=C/c1nc(CSc2c(F)c(F)cc(F)c2F)ccc1OCCc1ccccc1. The molecule has 0 saturated heterocycles. The average molecular weight is 620 g/mol. The fraction of sp³-hybridized carbons (Fsp3) is 0.323. The van der Waals surface area contributed by atoms with Crippen LogP contribution in [0.5, 0.6) is 5.75 Å². The Hall–Kier alpha value is -3.90. The van der Waals surface area contributed by atoms with E-state index < -0.39 is 51.7 Å². The molecule has 0 aliphatic carbocycles. The van der Waals surface area contributed by atoms with E-state index in [2.05, 4.69) is 10.3 Å². The molecule has 1 heterocycles. The van der Waals surface area contributed by atoms with Crippen LogP contribution in [0.1, 0.15) is 44.1 Å². The highest BCUT2D eigenvalue weighted by Gasteiger charge is 2.22. The van der Waals surface area contributed by atoms with E-state index in [1.165, 1.54) is 12.2 Å². The number of carbonyl (C=O) groups excluding carboxylic acids is 2. The third-order valence-corrected chi connectivity index (χ3v) is 6.81. The first-order valence-electron chi connectivity index (χ1n) is 13.4. The molecule has 0 aliphatic heterocycles. The Labute approximate surface area is 251 Å². The van der Waals surface area contributed by atoms with E-state index in [1.54, 1.807) is 32.9 Å². The summed E-state index contributed by atoms with van der Waals surface area (Å²) >= 11 is 0.542. The summed E-state index contributed by atoms with van der Waals surface area (Å²) in [6.45, 7) is 5.58. The van der Waals surface area contributed by atoms with Crippen molar-refractivity contribution >= 4 is 29.7 Å². The van der Waals surface area contributed by atoms with Crippen LogP contribution >= 0.6 is 11.8 Å². The first-order chi connectivity index (χ1) is 20.3. The van der Waals surface area contributed by atoms with Crippen molar-refractivity contribution in [2.24, 2.45) is 5.73 Å². The second-order valence-electron chi connectivity index (χ2n) is 10.4. The molecule has 2 aromatic carbocycles. The number of nitrogens with one attached hydrogen (secondary N) is 1. The number of pyridine rings is 1. The molecule has 1 unspecified atom stereocenters. The first-order valence-corrected chi connectivity index (χ1v) is 14.4. The number of thioether (sulfide) groups is 1. The summed E-state index contributed by atoms with van der Waals surface area (Å²) in [4.78, 5) is 28.1. The molecular weight excluding hydrogens is 586 g/mol. The normalized spacial score (nSPS) is 12.3. The van der Waals surface area contributed by atoms with Crippen molar-refractivity contribution in [1.82, 2.24) is 10.3 Å². The number of hydrogen-bond donors (Lipinski definition) is 2. The molecule has 0 saturated carbocycles. The van der Waals surface area contributed by atoms with Gasteiger partial charge in [-0.05, 0) is 51.0 Å². The molecule has 0 spiro atoms. The third-order valence-electron chi connectivity index (χ3n) is 5.73. The highest BCUT2D eigenvalue weighted by Crippen LogP contribution is 2.31. The Morgan fingerprint density at radius 3 is 2.37 bits per heavy atom. The Bertz CT molecular complexity index is 1420. The fourth-order valence-electron chi connectivity index (χ4n) is 3.63. The van der Waals surface area contributed by atoms with Crippen LogP contribution in [0.25, 0.3) is 6.08 Å². The van der Waals surface area contributed by atoms with Gasteiger partial charge in [0.25, 0.3) is 0 Å². The summed E-state index contributed by atoms with van der Waals surface area (Å²) in [5.41, 5.74) is 6.77. The zero-order valence-corrected chi connectivity index (χ0v) is 24.8. The van der Waals surface area contributed by atoms with Crippen molar-refractivity contribution in [1.29, 1.82) is 0 Å². The van der Waals surface area contributed by atoms with E-state index in [4.69, 9.17) is 15.2 Å². The summed E-state index contributed by atoms with van der Waals surface area (Å²) in [6, 6.07) is 12.0. The minimum atomic E-state index is -1.50. The van der Waals surface area contributed by atoms with Crippen molar-refractivity contribution in [3.63, 3.8) is 0 Å². The Morgan fingerprint density at radius 1 is 1.05 bits per heavy atom. The number of amides is 1. The number of nitrogens with zero attached hydrogens (tertiary/aromatic N) is 1. The van der Waals surface area contributed by atoms with Gasteiger partial charge in [-0.15, -0.1) is 11.8 Å². The van der Waals surface area contributed by atoms with Crippen LogP contribution in [0.15, 0.2) is 59.5 Å². The first kappa shape index (κ1) is 33.6. The van der Waals surface area contributed by atoms with E-state index in [0.29, 0.717) is 36.2 Å². The smallest absolute Gasteiger partial charge is 0.323 e. The third kappa shape index (κ3) is 10.7. The van der Waals surface area contributed by atoms with Gasteiger partial charge in [0.1, 0.15) is 23.1 Å². The van der Waals surface area contributed by atoms with Gasteiger partial charge in [0, 0.05) is 30.9 Å². The minimum Gasteiger partial charge on any atom is -0.491 e. The largest absolute Gasteiger partial charge is 0.491 e. The van der Waals surface area contributed by atoms with Gasteiger partial charge >= 0.3 is 5.97 Å². The maximum absolute atomic E-state index is 14.1. The lowest BCUT2D eigenvalue weighted by molar-refractivity contribution is -0.156. The maximum Gasteiger partial charge on any atom is 0.323 e. The Kier molecular flexibility index (Phi) is 12.1. The molecule has 0 aliphatic rings. The summed E-state index contributed by atoms with van der Waals surface area (Å²) in [5.74, 6) is -6.84. The van der Waals surface area contributed by atoms with Crippen molar-refractivity contribution in [3.8, 4) is 5.75 Å². The standard InChI is InChI=1S/C31H33F4N3O4S/c1-31(2,3)42-30(40)23(36)13-15-37-26(39)12-10-24-25(41-16-14-19-7-5-4-6-8-19)11-9-20(38-24)18-43-29-27(34)21(32)17-22(33)28(29)35/h4-12,17,23H,13-16,18,36H2,1-3H3,(H,37,39)/b12-10+. The van der Waals surface area contributed by atoms with E-state index in [-0.39, 0.29) is 30.5 Å². The fourth-order valence-corrected chi connectivity index (χ4v) is 4.53. The molecule has 1 amide bonds. The molecule has 3 rings (SSSR count). The van der Waals surface area contributed by atoms with Gasteiger partial charge in [-0.1, -0.05) is 30.3 Å². The van der Waals surface area contributed by atoms with Crippen molar-refractivity contribution in [2.45, 2.75) is 55.9 Å². The molecule has 0 bridgehead atoms. The summed E-state index contributed by atoms with van der Waals surface area (Å²) in [6.07, 6.45) is 3.37. The quantitative estimate of drug-likeness (QED) is 0.0827. The number of hydrogen-bond acceptors (Lipinski definition) is 7. The van der Waals surface area contributed by atoms with E-state index >= 15 is 0 Å². The number of ether oxygens (including phenoxy) is 2. The van der Waals surface area contributed by atoms with Crippen LogP contribution in [0.4, 0.5) is 17.6 Å². The average Bonchev–Trinajstić information content (AvgIpc) is 2.95. The predicted octanol–water partition coefficient (Wildman–Crippen LogP) is 5.74. The molecule has 1 aromatic heterocycles. The molecule has 43 heavy (non-hydrogen) atoms. The van der Waals surface area contributed by atoms with Gasteiger partial charge in [0.2, 0.25) is 5.91 Å². The lowest BCUT2D eigenvalue weighted by Crippen LogP contribution is -2.39. The molecular formula is C31H33F4N3O4S. The van der Waals surface area contributed by atoms with Gasteiger partial charge in [0.15, 0.2) is 23.3 Å². The van der Waals surface area contributed by atoms with E-state index in [0.717, 1.165) is 5.56 Å². The lowest BCUT2D eigenvalue weighted by atomic mass is 10.1. The number of carbonyl (C=O) groups is 2.